The highest BCUT2D eigenvalue weighted by molar-refractivity contribution is 6.30. The molecular weight excluding hydrogens is 249 g/mol. The largest absolute Gasteiger partial charge is 0.468 e. The van der Waals surface area contributed by atoms with E-state index in [1.807, 2.05) is 18.2 Å². The fourth-order valence-electron chi connectivity index (χ4n) is 1.85. The molecule has 88 valence electrons. The molecule has 1 atom stereocenters. The Balaban J connectivity index is 0.00000128. The predicted octanol–water partition coefficient (Wildman–Crippen LogP) is 2.12. The molecule has 0 amide bonds. The minimum atomic E-state index is -0.377. The molecule has 1 heterocycles. The van der Waals surface area contributed by atoms with Gasteiger partial charge in [-0.25, -0.2) is 4.79 Å². The number of hydrogen-bond acceptors (Lipinski definition) is 3. The Labute approximate surface area is 106 Å². The SMILES string of the molecule is COC(=O)[C@@H]1NCCc2ccc(Cl)cc21.Cl. The van der Waals surface area contributed by atoms with Crippen molar-refractivity contribution in [1.82, 2.24) is 5.32 Å². The van der Waals surface area contributed by atoms with E-state index in [1.165, 1.54) is 7.11 Å². The number of esters is 1. The van der Waals surface area contributed by atoms with E-state index in [0.717, 1.165) is 24.1 Å². The number of benzene rings is 1. The molecule has 0 bridgehead atoms. The normalized spacial score (nSPS) is 18.2. The van der Waals surface area contributed by atoms with Crippen LogP contribution in [0.2, 0.25) is 5.02 Å². The van der Waals surface area contributed by atoms with Crippen molar-refractivity contribution in [3.63, 3.8) is 0 Å². The Morgan fingerprint density at radius 2 is 2.31 bits per heavy atom. The molecule has 1 N–H and O–H groups in total. The summed E-state index contributed by atoms with van der Waals surface area (Å²) in [6, 6.07) is 5.26. The molecule has 1 aliphatic rings. The lowest BCUT2D eigenvalue weighted by Crippen LogP contribution is -2.35. The van der Waals surface area contributed by atoms with Gasteiger partial charge in [-0.2, -0.15) is 0 Å². The number of carbonyl (C=O) groups excluding carboxylic acids is 1. The maximum Gasteiger partial charge on any atom is 0.327 e. The minimum absolute atomic E-state index is 0. The van der Waals surface area contributed by atoms with Crippen molar-refractivity contribution >= 4 is 30.0 Å². The maximum absolute atomic E-state index is 11.5. The molecule has 1 aromatic carbocycles. The first-order chi connectivity index (χ1) is 7.22. The number of fused-ring (bicyclic) bond motifs is 1. The first kappa shape index (κ1) is 13.3. The van der Waals surface area contributed by atoms with Crippen LogP contribution in [0.3, 0.4) is 0 Å². The second-order valence-corrected chi connectivity index (χ2v) is 3.94. The van der Waals surface area contributed by atoms with E-state index >= 15 is 0 Å². The van der Waals surface area contributed by atoms with Crippen molar-refractivity contribution in [1.29, 1.82) is 0 Å². The summed E-state index contributed by atoms with van der Waals surface area (Å²) in [5, 5.41) is 3.76. The zero-order valence-electron chi connectivity index (χ0n) is 8.83. The van der Waals surface area contributed by atoms with Gasteiger partial charge < -0.3 is 10.1 Å². The molecule has 0 saturated heterocycles. The van der Waals surface area contributed by atoms with Gasteiger partial charge in [0.05, 0.1) is 7.11 Å². The molecule has 0 unspecified atom stereocenters. The molecule has 1 aromatic rings. The molecule has 2 rings (SSSR count). The Morgan fingerprint density at radius 3 is 3.00 bits per heavy atom. The number of hydrogen-bond donors (Lipinski definition) is 1. The molecule has 0 spiro atoms. The number of nitrogens with one attached hydrogen (secondary N) is 1. The highest BCUT2D eigenvalue weighted by atomic mass is 35.5. The second kappa shape index (κ2) is 5.53. The summed E-state index contributed by atoms with van der Waals surface area (Å²) >= 11 is 5.91. The molecule has 0 aromatic heterocycles. The average molecular weight is 262 g/mol. The molecule has 0 aliphatic carbocycles. The quantitative estimate of drug-likeness (QED) is 0.788. The van der Waals surface area contributed by atoms with Crippen molar-refractivity contribution in [3.05, 3.63) is 34.3 Å². The summed E-state index contributed by atoms with van der Waals surface area (Å²) in [4.78, 5) is 11.5. The zero-order chi connectivity index (χ0) is 10.8. The van der Waals surface area contributed by atoms with E-state index in [9.17, 15) is 4.79 Å². The lowest BCUT2D eigenvalue weighted by molar-refractivity contribution is -0.143. The third kappa shape index (κ3) is 2.48. The van der Waals surface area contributed by atoms with Crippen LogP contribution in [-0.2, 0) is 16.0 Å². The smallest absolute Gasteiger partial charge is 0.327 e. The van der Waals surface area contributed by atoms with Crippen LogP contribution in [-0.4, -0.2) is 19.6 Å². The summed E-state index contributed by atoms with van der Waals surface area (Å²) in [5.41, 5.74) is 2.09. The van der Waals surface area contributed by atoms with Crippen LogP contribution in [0, 0.1) is 0 Å². The van der Waals surface area contributed by atoms with Crippen LogP contribution < -0.4 is 5.32 Å². The monoisotopic (exact) mass is 261 g/mol. The van der Waals surface area contributed by atoms with Crippen LogP contribution >= 0.6 is 24.0 Å². The van der Waals surface area contributed by atoms with Gasteiger partial charge in [0.2, 0.25) is 0 Å². The first-order valence-electron chi connectivity index (χ1n) is 4.82. The van der Waals surface area contributed by atoms with Gasteiger partial charge >= 0.3 is 5.97 Å². The molecule has 3 nitrogen and oxygen atoms in total. The molecule has 0 radical (unpaired) electrons. The summed E-state index contributed by atoms with van der Waals surface area (Å²) in [6.07, 6.45) is 0.917. The van der Waals surface area contributed by atoms with Crippen molar-refractivity contribution in [2.24, 2.45) is 0 Å². The Bertz CT molecular complexity index is 396. The van der Waals surface area contributed by atoms with Gasteiger partial charge in [0.25, 0.3) is 0 Å². The fourth-order valence-corrected chi connectivity index (χ4v) is 2.03. The summed E-state index contributed by atoms with van der Waals surface area (Å²) in [6.45, 7) is 0.786. The van der Waals surface area contributed by atoms with Crippen molar-refractivity contribution in [2.75, 3.05) is 13.7 Å². The van der Waals surface area contributed by atoms with Crippen LogP contribution in [0.25, 0.3) is 0 Å². The predicted molar refractivity (Wildman–Crippen MR) is 65.2 cm³/mol. The highest BCUT2D eigenvalue weighted by Gasteiger charge is 2.26. The fraction of sp³-hybridized carbons (Fsp3) is 0.364. The van der Waals surface area contributed by atoms with Gasteiger partial charge in [-0.15, -0.1) is 12.4 Å². The van der Waals surface area contributed by atoms with E-state index in [2.05, 4.69) is 5.32 Å². The molecule has 0 saturated carbocycles. The summed E-state index contributed by atoms with van der Waals surface area (Å²) in [5.74, 6) is -0.266. The maximum atomic E-state index is 11.5. The van der Waals surface area contributed by atoms with Gasteiger partial charge in [0.15, 0.2) is 0 Å². The summed E-state index contributed by atoms with van der Waals surface area (Å²) in [7, 11) is 1.39. The van der Waals surface area contributed by atoms with Crippen LogP contribution in [0.15, 0.2) is 18.2 Å². The first-order valence-corrected chi connectivity index (χ1v) is 5.19. The lowest BCUT2D eigenvalue weighted by atomic mass is 9.94. The van der Waals surface area contributed by atoms with Gasteiger partial charge in [0.1, 0.15) is 6.04 Å². The lowest BCUT2D eigenvalue weighted by Gasteiger charge is -2.24. The third-order valence-corrected chi connectivity index (χ3v) is 2.83. The number of methoxy groups -OCH3 is 1. The molecule has 1 aliphatic heterocycles. The van der Waals surface area contributed by atoms with Crippen LogP contribution in [0.1, 0.15) is 17.2 Å². The van der Waals surface area contributed by atoms with Gasteiger partial charge in [-0.1, -0.05) is 17.7 Å². The second-order valence-electron chi connectivity index (χ2n) is 3.50. The van der Waals surface area contributed by atoms with E-state index < -0.39 is 0 Å². The third-order valence-electron chi connectivity index (χ3n) is 2.60. The van der Waals surface area contributed by atoms with Gasteiger partial charge in [0, 0.05) is 11.6 Å². The van der Waals surface area contributed by atoms with E-state index in [4.69, 9.17) is 16.3 Å². The molecule has 5 heteroatoms. The minimum Gasteiger partial charge on any atom is -0.468 e. The van der Waals surface area contributed by atoms with Gasteiger partial charge in [-0.3, -0.25) is 0 Å². The zero-order valence-corrected chi connectivity index (χ0v) is 10.4. The standard InChI is InChI=1S/C11H12ClNO2.ClH/c1-15-11(14)10-9-6-8(12)3-2-7(9)4-5-13-10;/h2-3,6,10,13H,4-5H2,1H3;1H/t10-;/m1./s1. The highest BCUT2D eigenvalue weighted by Crippen LogP contribution is 2.26. The molecular formula is C11H13Cl2NO2. The van der Waals surface area contributed by atoms with E-state index in [-0.39, 0.29) is 24.4 Å². The Hall–Kier alpha value is -0.770. The van der Waals surface area contributed by atoms with Crippen molar-refractivity contribution in [3.8, 4) is 0 Å². The van der Waals surface area contributed by atoms with Crippen LogP contribution in [0.5, 0.6) is 0 Å². The topological polar surface area (TPSA) is 38.3 Å². The number of halogens is 2. The van der Waals surface area contributed by atoms with E-state index in [1.54, 1.807) is 0 Å². The molecule has 0 fully saturated rings. The number of rotatable bonds is 1. The van der Waals surface area contributed by atoms with Gasteiger partial charge in [-0.05, 0) is 29.7 Å². The number of carbonyl (C=O) groups is 1. The summed E-state index contributed by atoms with van der Waals surface area (Å²) < 4.78 is 4.74. The van der Waals surface area contributed by atoms with Crippen molar-refractivity contribution in [2.45, 2.75) is 12.5 Å². The molecule has 16 heavy (non-hydrogen) atoms. The van der Waals surface area contributed by atoms with E-state index in [0.29, 0.717) is 5.02 Å². The average Bonchev–Trinajstić information content (AvgIpc) is 2.27. The Morgan fingerprint density at radius 1 is 1.56 bits per heavy atom. The van der Waals surface area contributed by atoms with Crippen LogP contribution in [0.4, 0.5) is 0 Å². The Kier molecular flexibility index (Phi) is 4.59. The van der Waals surface area contributed by atoms with Crippen molar-refractivity contribution < 1.29 is 9.53 Å². The number of ether oxygens (including phenoxy) is 1.